The number of carbonyl (C=O) groups is 1. The van der Waals surface area contributed by atoms with Gasteiger partial charge in [0.2, 0.25) is 0 Å². The highest BCUT2D eigenvalue weighted by Crippen LogP contribution is 2.29. The van der Waals surface area contributed by atoms with E-state index >= 15 is 0 Å². The van der Waals surface area contributed by atoms with Crippen LogP contribution in [-0.4, -0.2) is 35.6 Å². The van der Waals surface area contributed by atoms with Crippen LogP contribution >= 0.6 is 0 Å². The molecule has 0 saturated carbocycles. The molecular formula is C9H15NO2. The lowest BCUT2D eigenvalue weighted by atomic mass is 9.83. The Bertz CT molecular complexity index is 181. The summed E-state index contributed by atoms with van der Waals surface area (Å²) in [6.45, 7) is 3.04. The van der Waals surface area contributed by atoms with Crippen LogP contribution < -0.4 is 0 Å². The molecule has 3 nitrogen and oxygen atoms in total. The molecule has 3 atom stereocenters. The minimum atomic E-state index is -0.605. The van der Waals surface area contributed by atoms with E-state index in [0.29, 0.717) is 5.92 Å². The van der Waals surface area contributed by atoms with Crippen LogP contribution in [0.3, 0.4) is 0 Å². The molecule has 2 aliphatic rings. The third kappa shape index (κ3) is 1.46. The normalized spacial score (nSPS) is 40.8. The van der Waals surface area contributed by atoms with Crippen molar-refractivity contribution in [3.05, 3.63) is 0 Å². The van der Waals surface area contributed by atoms with Crippen LogP contribution in [0.5, 0.6) is 0 Å². The van der Waals surface area contributed by atoms with Gasteiger partial charge in [-0.15, -0.1) is 0 Å². The zero-order chi connectivity index (χ0) is 8.55. The van der Waals surface area contributed by atoms with Gasteiger partial charge in [0.25, 0.3) is 0 Å². The summed E-state index contributed by atoms with van der Waals surface area (Å²) < 4.78 is 0. The van der Waals surface area contributed by atoms with Crippen molar-refractivity contribution in [2.75, 3.05) is 19.6 Å². The van der Waals surface area contributed by atoms with Gasteiger partial charge in [-0.3, -0.25) is 4.79 Å². The van der Waals surface area contributed by atoms with Crippen molar-refractivity contribution < 1.29 is 9.90 Å². The fraction of sp³-hybridized carbons (Fsp3) is 0.889. The highest BCUT2D eigenvalue weighted by molar-refractivity contribution is 5.70. The third-order valence-electron chi connectivity index (χ3n) is 3.05. The van der Waals surface area contributed by atoms with Gasteiger partial charge >= 0.3 is 5.97 Å². The van der Waals surface area contributed by atoms with Crippen LogP contribution in [0.25, 0.3) is 0 Å². The standard InChI is InChI=1S/C9H15NO2/c11-9(12)8-4-7-2-1-3-10(5-7)6-8/h7-8H,1-6H2,(H,11,12). The Morgan fingerprint density at radius 2 is 2.25 bits per heavy atom. The minimum Gasteiger partial charge on any atom is -0.481 e. The number of carboxylic acid groups (broad SMARTS) is 1. The van der Waals surface area contributed by atoms with Gasteiger partial charge in [-0.05, 0) is 31.7 Å². The summed E-state index contributed by atoms with van der Waals surface area (Å²) in [7, 11) is 0. The van der Waals surface area contributed by atoms with Gasteiger partial charge in [0, 0.05) is 13.1 Å². The summed E-state index contributed by atoms with van der Waals surface area (Å²) in [5.74, 6) is -0.0377. The number of rotatable bonds is 1. The molecule has 3 unspecified atom stereocenters. The average Bonchev–Trinajstić information content (AvgIpc) is 2.03. The first-order chi connectivity index (χ1) is 5.75. The number of aliphatic carboxylic acids is 1. The summed E-state index contributed by atoms with van der Waals surface area (Å²) in [4.78, 5) is 13.1. The predicted molar refractivity (Wildman–Crippen MR) is 44.9 cm³/mol. The molecule has 2 aliphatic heterocycles. The molecule has 2 bridgehead atoms. The van der Waals surface area contributed by atoms with Crippen LogP contribution in [0, 0.1) is 11.8 Å². The molecule has 2 saturated heterocycles. The molecule has 0 spiro atoms. The van der Waals surface area contributed by atoms with E-state index in [1.165, 1.54) is 12.8 Å². The molecule has 0 amide bonds. The van der Waals surface area contributed by atoms with Crippen LogP contribution in [-0.2, 0) is 4.79 Å². The molecule has 0 aromatic carbocycles. The van der Waals surface area contributed by atoms with E-state index in [2.05, 4.69) is 4.90 Å². The van der Waals surface area contributed by atoms with Crippen LogP contribution in [0.2, 0.25) is 0 Å². The molecule has 68 valence electrons. The van der Waals surface area contributed by atoms with Gasteiger partial charge in [0.05, 0.1) is 5.92 Å². The Balaban J connectivity index is 2.00. The van der Waals surface area contributed by atoms with Crippen molar-refractivity contribution in [2.45, 2.75) is 19.3 Å². The van der Waals surface area contributed by atoms with E-state index in [9.17, 15) is 4.79 Å². The highest BCUT2D eigenvalue weighted by Gasteiger charge is 2.33. The quantitative estimate of drug-likeness (QED) is 0.631. The molecular weight excluding hydrogens is 154 g/mol. The summed E-state index contributed by atoms with van der Waals surface area (Å²) in [6.07, 6.45) is 3.41. The monoisotopic (exact) mass is 169 g/mol. The number of carboxylic acids is 1. The molecule has 0 aromatic rings. The lowest BCUT2D eigenvalue weighted by Gasteiger charge is -2.40. The second-order valence-electron chi connectivity index (χ2n) is 4.04. The largest absolute Gasteiger partial charge is 0.481 e. The maximum absolute atomic E-state index is 10.8. The van der Waals surface area contributed by atoms with E-state index in [-0.39, 0.29) is 5.92 Å². The van der Waals surface area contributed by atoms with Crippen LogP contribution in [0.4, 0.5) is 0 Å². The molecule has 0 radical (unpaired) electrons. The van der Waals surface area contributed by atoms with Gasteiger partial charge in [-0.25, -0.2) is 0 Å². The summed E-state index contributed by atoms with van der Waals surface area (Å²) in [6, 6.07) is 0. The van der Waals surface area contributed by atoms with Gasteiger partial charge in [0.1, 0.15) is 0 Å². The van der Waals surface area contributed by atoms with Crippen molar-refractivity contribution in [1.29, 1.82) is 0 Å². The zero-order valence-corrected chi connectivity index (χ0v) is 7.20. The summed E-state index contributed by atoms with van der Waals surface area (Å²) in [5, 5.41) is 8.87. The fourth-order valence-electron chi connectivity index (χ4n) is 2.48. The molecule has 3 heteroatoms. The van der Waals surface area contributed by atoms with Crippen molar-refractivity contribution in [2.24, 2.45) is 11.8 Å². The van der Waals surface area contributed by atoms with Gasteiger partial charge in [-0.2, -0.15) is 0 Å². The Labute approximate surface area is 72.4 Å². The second kappa shape index (κ2) is 3.05. The van der Waals surface area contributed by atoms with Crippen molar-refractivity contribution in [1.82, 2.24) is 4.90 Å². The molecule has 2 heterocycles. The van der Waals surface area contributed by atoms with E-state index in [4.69, 9.17) is 5.11 Å². The van der Waals surface area contributed by atoms with Gasteiger partial charge in [0.15, 0.2) is 0 Å². The number of piperidine rings is 2. The minimum absolute atomic E-state index is 0.0935. The lowest BCUT2D eigenvalue weighted by molar-refractivity contribution is -0.145. The SMILES string of the molecule is O=C(O)C1CC2CCCN(C2)C1. The first kappa shape index (κ1) is 8.05. The first-order valence-electron chi connectivity index (χ1n) is 4.71. The Hall–Kier alpha value is -0.570. The Morgan fingerprint density at radius 3 is 2.92 bits per heavy atom. The lowest BCUT2D eigenvalue weighted by Crippen LogP contribution is -2.46. The predicted octanol–water partition coefficient (Wildman–Crippen LogP) is 0.803. The second-order valence-corrected chi connectivity index (χ2v) is 4.04. The van der Waals surface area contributed by atoms with Crippen molar-refractivity contribution in [3.63, 3.8) is 0 Å². The van der Waals surface area contributed by atoms with Crippen LogP contribution in [0.15, 0.2) is 0 Å². The average molecular weight is 169 g/mol. The molecule has 0 aromatic heterocycles. The molecule has 2 fully saturated rings. The maximum atomic E-state index is 10.8. The molecule has 1 N–H and O–H groups in total. The molecule has 12 heavy (non-hydrogen) atoms. The van der Waals surface area contributed by atoms with E-state index < -0.39 is 5.97 Å². The van der Waals surface area contributed by atoms with Crippen molar-refractivity contribution in [3.8, 4) is 0 Å². The topological polar surface area (TPSA) is 40.5 Å². The zero-order valence-electron chi connectivity index (χ0n) is 7.20. The van der Waals surface area contributed by atoms with E-state index in [0.717, 1.165) is 26.1 Å². The Kier molecular flexibility index (Phi) is 2.05. The van der Waals surface area contributed by atoms with Gasteiger partial charge in [-0.1, -0.05) is 0 Å². The number of fused-ring (bicyclic) bond motifs is 2. The Morgan fingerprint density at radius 1 is 1.42 bits per heavy atom. The fourth-order valence-corrected chi connectivity index (χ4v) is 2.48. The van der Waals surface area contributed by atoms with E-state index in [1.54, 1.807) is 0 Å². The number of nitrogens with zero attached hydrogens (tertiary/aromatic N) is 1. The number of hydrogen-bond donors (Lipinski definition) is 1. The van der Waals surface area contributed by atoms with Crippen molar-refractivity contribution >= 4 is 5.97 Å². The maximum Gasteiger partial charge on any atom is 0.307 e. The molecule has 2 rings (SSSR count). The first-order valence-corrected chi connectivity index (χ1v) is 4.71. The number of hydrogen-bond acceptors (Lipinski definition) is 2. The van der Waals surface area contributed by atoms with E-state index in [1.807, 2.05) is 0 Å². The third-order valence-corrected chi connectivity index (χ3v) is 3.05. The summed E-state index contributed by atoms with van der Waals surface area (Å²) >= 11 is 0. The van der Waals surface area contributed by atoms with Gasteiger partial charge < -0.3 is 10.0 Å². The highest BCUT2D eigenvalue weighted by atomic mass is 16.4. The smallest absolute Gasteiger partial charge is 0.307 e. The molecule has 0 aliphatic carbocycles. The summed E-state index contributed by atoms with van der Waals surface area (Å²) in [5.41, 5.74) is 0. The van der Waals surface area contributed by atoms with Crippen LogP contribution in [0.1, 0.15) is 19.3 Å².